The molecular weight excluding hydrogens is 330 g/mol. The van der Waals surface area contributed by atoms with Gasteiger partial charge in [-0.05, 0) is 18.1 Å². The summed E-state index contributed by atoms with van der Waals surface area (Å²) in [5.74, 6) is -0.654. The molecule has 0 unspecified atom stereocenters. The maximum atomic E-state index is 11.9. The van der Waals surface area contributed by atoms with Gasteiger partial charge >= 0.3 is 0 Å². The molecule has 0 aliphatic carbocycles. The lowest BCUT2D eigenvalue weighted by Crippen LogP contribution is -2.46. The second-order valence-electron chi connectivity index (χ2n) is 5.54. The van der Waals surface area contributed by atoms with Gasteiger partial charge in [-0.3, -0.25) is 9.59 Å². The van der Waals surface area contributed by atoms with Crippen molar-refractivity contribution in [3.8, 4) is 5.69 Å². The Hall–Kier alpha value is -2.38. The Morgan fingerprint density at radius 1 is 1.25 bits per heavy atom. The van der Waals surface area contributed by atoms with Gasteiger partial charge in [-0.1, -0.05) is 32.0 Å². The predicted octanol–water partition coefficient (Wildman–Crippen LogP) is 1.33. The second kappa shape index (κ2) is 9.05. The van der Waals surface area contributed by atoms with Crippen LogP contribution >= 0.6 is 12.4 Å². The average molecular weight is 352 g/mol. The van der Waals surface area contributed by atoms with Crippen molar-refractivity contribution in [2.75, 3.05) is 11.9 Å². The monoisotopic (exact) mass is 351 g/mol. The number of rotatable bonds is 6. The summed E-state index contributed by atoms with van der Waals surface area (Å²) in [5, 5.41) is 9.38. The molecule has 8 heteroatoms. The summed E-state index contributed by atoms with van der Waals surface area (Å²) in [5.41, 5.74) is 7.16. The molecule has 2 amide bonds. The number of nitrogens with two attached hydrogens (primary N) is 1. The Labute approximate surface area is 147 Å². The maximum absolute atomic E-state index is 11.9. The first-order valence-electron chi connectivity index (χ1n) is 7.40. The number of carbonyl (C=O) groups is 2. The first-order chi connectivity index (χ1) is 11.0. The van der Waals surface area contributed by atoms with E-state index < -0.39 is 6.04 Å². The fourth-order valence-electron chi connectivity index (χ4n) is 1.90. The minimum Gasteiger partial charge on any atom is -0.346 e. The fraction of sp³-hybridized carbons (Fsp3) is 0.312. The van der Waals surface area contributed by atoms with Crippen molar-refractivity contribution in [1.29, 1.82) is 0 Å². The Balaban J connectivity index is 0.00000288. The third-order valence-corrected chi connectivity index (χ3v) is 3.33. The highest BCUT2D eigenvalue weighted by atomic mass is 35.5. The van der Waals surface area contributed by atoms with Crippen LogP contribution in [0.2, 0.25) is 0 Å². The molecule has 0 fully saturated rings. The number of anilines is 1. The molecule has 4 N–H and O–H groups in total. The van der Waals surface area contributed by atoms with Crippen LogP contribution < -0.4 is 16.4 Å². The first kappa shape index (κ1) is 19.7. The fourth-order valence-corrected chi connectivity index (χ4v) is 1.90. The van der Waals surface area contributed by atoms with Crippen molar-refractivity contribution < 1.29 is 9.59 Å². The summed E-state index contributed by atoms with van der Waals surface area (Å²) in [6, 6.07) is 8.92. The third kappa shape index (κ3) is 5.36. The number of benzene rings is 1. The Morgan fingerprint density at radius 3 is 2.54 bits per heavy atom. The molecule has 0 spiro atoms. The van der Waals surface area contributed by atoms with Gasteiger partial charge in [-0.15, -0.1) is 12.4 Å². The molecule has 0 saturated carbocycles. The number of amides is 2. The van der Waals surface area contributed by atoms with Crippen molar-refractivity contribution in [3.05, 3.63) is 42.7 Å². The van der Waals surface area contributed by atoms with Gasteiger partial charge < -0.3 is 16.4 Å². The van der Waals surface area contributed by atoms with Crippen molar-refractivity contribution in [3.63, 3.8) is 0 Å². The summed E-state index contributed by atoms with van der Waals surface area (Å²) in [6.45, 7) is 3.57. The van der Waals surface area contributed by atoms with Gasteiger partial charge in [0.1, 0.15) is 0 Å². The van der Waals surface area contributed by atoms with Gasteiger partial charge in [-0.2, -0.15) is 5.10 Å². The van der Waals surface area contributed by atoms with Crippen LogP contribution in [-0.4, -0.2) is 34.2 Å². The standard InChI is InChI=1S/C16H21N5O2.ClH/c1-11(2)15(17)16(23)18-9-14(22)20-12-8-19-21(10-12)13-6-4-3-5-7-13;/h3-8,10-11,15H,9,17H2,1-2H3,(H,18,23)(H,20,22);1H/t15-;/m0./s1. The number of halogens is 1. The predicted molar refractivity (Wildman–Crippen MR) is 95.3 cm³/mol. The first-order valence-corrected chi connectivity index (χ1v) is 7.40. The lowest BCUT2D eigenvalue weighted by Gasteiger charge is -2.14. The summed E-state index contributed by atoms with van der Waals surface area (Å²) < 4.78 is 1.66. The molecule has 7 nitrogen and oxygen atoms in total. The highest BCUT2D eigenvalue weighted by Crippen LogP contribution is 2.10. The van der Waals surface area contributed by atoms with E-state index in [9.17, 15) is 9.59 Å². The van der Waals surface area contributed by atoms with Gasteiger partial charge in [0.15, 0.2) is 0 Å². The molecule has 1 aromatic heterocycles. The summed E-state index contributed by atoms with van der Waals surface area (Å²) in [4.78, 5) is 23.5. The van der Waals surface area contributed by atoms with E-state index in [1.807, 2.05) is 44.2 Å². The number of hydrogen-bond donors (Lipinski definition) is 3. The molecule has 0 radical (unpaired) electrons. The van der Waals surface area contributed by atoms with E-state index in [1.165, 1.54) is 0 Å². The van der Waals surface area contributed by atoms with Crippen molar-refractivity contribution >= 4 is 29.9 Å². The molecule has 2 rings (SSSR count). The molecule has 0 aliphatic heterocycles. The van der Waals surface area contributed by atoms with Crippen LogP contribution in [0.3, 0.4) is 0 Å². The zero-order valence-electron chi connectivity index (χ0n) is 13.6. The van der Waals surface area contributed by atoms with Gasteiger partial charge in [-0.25, -0.2) is 4.68 Å². The zero-order valence-corrected chi connectivity index (χ0v) is 14.4. The summed E-state index contributed by atoms with van der Waals surface area (Å²) >= 11 is 0. The largest absolute Gasteiger partial charge is 0.346 e. The van der Waals surface area contributed by atoms with Crippen LogP contribution in [0.15, 0.2) is 42.7 Å². The summed E-state index contributed by atoms with van der Waals surface area (Å²) in [6.07, 6.45) is 3.25. The molecule has 130 valence electrons. The van der Waals surface area contributed by atoms with Gasteiger partial charge in [0, 0.05) is 0 Å². The van der Waals surface area contributed by atoms with Crippen molar-refractivity contribution in [2.45, 2.75) is 19.9 Å². The highest BCUT2D eigenvalue weighted by molar-refractivity contribution is 5.95. The molecule has 1 aromatic carbocycles. The normalized spacial score (nSPS) is 11.5. The lowest BCUT2D eigenvalue weighted by atomic mass is 10.1. The van der Waals surface area contributed by atoms with E-state index in [1.54, 1.807) is 17.1 Å². The van der Waals surface area contributed by atoms with Crippen LogP contribution in [0.4, 0.5) is 5.69 Å². The molecule has 0 saturated heterocycles. The molecule has 0 aliphatic rings. The van der Waals surface area contributed by atoms with Crippen LogP contribution in [0.1, 0.15) is 13.8 Å². The molecule has 24 heavy (non-hydrogen) atoms. The van der Waals surface area contributed by atoms with E-state index >= 15 is 0 Å². The smallest absolute Gasteiger partial charge is 0.243 e. The van der Waals surface area contributed by atoms with Crippen LogP contribution in [-0.2, 0) is 9.59 Å². The molecule has 2 aromatic rings. The number of aromatic nitrogens is 2. The van der Waals surface area contributed by atoms with E-state index in [-0.39, 0.29) is 36.7 Å². The highest BCUT2D eigenvalue weighted by Gasteiger charge is 2.17. The van der Waals surface area contributed by atoms with E-state index in [0.29, 0.717) is 5.69 Å². The number of hydrogen-bond acceptors (Lipinski definition) is 4. The average Bonchev–Trinajstić information content (AvgIpc) is 3.01. The van der Waals surface area contributed by atoms with Gasteiger partial charge in [0.2, 0.25) is 11.8 Å². The van der Waals surface area contributed by atoms with Crippen LogP contribution in [0, 0.1) is 5.92 Å². The van der Waals surface area contributed by atoms with Gasteiger partial charge in [0.05, 0.1) is 36.4 Å². The quantitative estimate of drug-likeness (QED) is 0.730. The topological polar surface area (TPSA) is 102 Å². The van der Waals surface area contributed by atoms with Crippen molar-refractivity contribution in [1.82, 2.24) is 15.1 Å². The molecule has 1 atom stereocenters. The number of carbonyl (C=O) groups excluding carboxylic acids is 2. The zero-order chi connectivity index (χ0) is 16.8. The second-order valence-corrected chi connectivity index (χ2v) is 5.54. The van der Waals surface area contributed by atoms with E-state index in [4.69, 9.17) is 5.73 Å². The SMILES string of the molecule is CC(C)[C@H](N)C(=O)NCC(=O)Nc1cnn(-c2ccccc2)c1.Cl. The Morgan fingerprint density at radius 2 is 1.92 bits per heavy atom. The van der Waals surface area contributed by atoms with E-state index in [2.05, 4.69) is 15.7 Å². The summed E-state index contributed by atoms with van der Waals surface area (Å²) in [7, 11) is 0. The van der Waals surface area contributed by atoms with Crippen LogP contribution in [0.5, 0.6) is 0 Å². The molecular formula is C16H22ClN5O2. The maximum Gasteiger partial charge on any atom is 0.243 e. The number of nitrogens with zero attached hydrogens (tertiary/aromatic N) is 2. The molecule has 0 bridgehead atoms. The number of para-hydroxylation sites is 1. The third-order valence-electron chi connectivity index (χ3n) is 3.33. The minimum atomic E-state index is -0.622. The minimum absolute atomic E-state index is 0. The lowest BCUT2D eigenvalue weighted by molar-refractivity contribution is -0.125. The van der Waals surface area contributed by atoms with Crippen LogP contribution in [0.25, 0.3) is 5.69 Å². The van der Waals surface area contributed by atoms with Gasteiger partial charge in [0.25, 0.3) is 0 Å². The number of nitrogens with one attached hydrogen (secondary N) is 2. The van der Waals surface area contributed by atoms with E-state index in [0.717, 1.165) is 5.69 Å². The Bertz CT molecular complexity index is 672. The Kier molecular flexibility index (Phi) is 7.41. The molecule has 1 heterocycles. The van der Waals surface area contributed by atoms with Crippen molar-refractivity contribution in [2.24, 2.45) is 11.7 Å².